The van der Waals surface area contributed by atoms with Gasteiger partial charge in [0.1, 0.15) is 0 Å². The van der Waals surface area contributed by atoms with Gasteiger partial charge in [-0.05, 0) is 50.8 Å². The van der Waals surface area contributed by atoms with Crippen LogP contribution in [0.15, 0.2) is 24.3 Å². The van der Waals surface area contributed by atoms with Crippen molar-refractivity contribution in [3.05, 3.63) is 29.8 Å². The van der Waals surface area contributed by atoms with Crippen molar-refractivity contribution in [1.82, 2.24) is 5.32 Å². The third kappa shape index (κ3) is 4.46. The Morgan fingerprint density at radius 2 is 1.95 bits per heavy atom. The molecule has 1 aliphatic rings. The van der Waals surface area contributed by atoms with Gasteiger partial charge in [-0.25, -0.2) is 0 Å². The van der Waals surface area contributed by atoms with E-state index in [1.54, 1.807) is 0 Å². The lowest BCUT2D eigenvalue weighted by molar-refractivity contribution is -0.121. The number of rotatable bonds is 7. The van der Waals surface area contributed by atoms with Crippen molar-refractivity contribution in [3.63, 3.8) is 0 Å². The molecule has 0 radical (unpaired) electrons. The highest BCUT2D eigenvalue weighted by Gasteiger charge is 2.31. The van der Waals surface area contributed by atoms with E-state index in [2.05, 4.69) is 43.1 Å². The third-order valence-electron chi connectivity index (χ3n) is 4.17. The first kappa shape index (κ1) is 15.8. The lowest BCUT2D eigenvalue weighted by Crippen LogP contribution is -2.48. The van der Waals surface area contributed by atoms with Gasteiger partial charge in [0.25, 0.3) is 0 Å². The highest BCUT2D eigenvalue weighted by Crippen LogP contribution is 2.31. The molecule has 1 aromatic carbocycles. The predicted octanol–water partition coefficient (Wildman–Crippen LogP) is 2.42. The molecule has 0 atom stereocenters. The summed E-state index contributed by atoms with van der Waals surface area (Å²) < 4.78 is 0. The summed E-state index contributed by atoms with van der Waals surface area (Å²) in [4.78, 5) is 14.5. The molecule has 1 amide bonds. The van der Waals surface area contributed by atoms with Gasteiger partial charge >= 0.3 is 0 Å². The minimum Gasteiger partial charge on any atom is -0.359 e. The Morgan fingerprint density at radius 3 is 2.43 bits per heavy atom. The van der Waals surface area contributed by atoms with Gasteiger partial charge in [0.05, 0.1) is 6.54 Å². The molecule has 4 heteroatoms. The fourth-order valence-corrected chi connectivity index (χ4v) is 2.30. The van der Waals surface area contributed by atoms with Crippen molar-refractivity contribution in [2.75, 3.05) is 11.4 Å². The highest BCUT2D eigenvalue weighted by molar-refractivity contribution is 5.82. The molecular weight excluding hydrogens is 262 g/mol. The predicted molar refractivity (Wildman–Crippen MR) is 87.2 cm³/mol. The van der Waals surface area contributed by atoms with Crippen LogP contribution in [-0.2, 0) is 11.3 Å². The van der Waals surface area contributed by atoms with Crippen LogP contribution < -0.4 is 16.0 Å². The molecule has 1 fully saturated rings. The molecule has 3 N–H and O–H groups in total. The lowest BCUT2D eigenvalue weighted by atomic mass is 10.0. The van der Waals surface area contributed by atoms with Gasteiger partial charge in [0, 0.05) is 23.8 Å². The second-order valence-electron chi connectivity index (χ2n) is 6.52. The molecular formula is C17H27N3O. The number of amides is 1. The number of carbonyl (C=O) groups excluding carboxylic acids is 1. The van der Waals surface area contributed by atoms with Gasteiger partial charge in [-0.2, -0.15) is 0 Å². The van der Waals surface area contributed by atoms with Crippen molar-refractivity contribution in [2.45, 2.75) is 58.2 Å². The number of nitrogens with zero attached hydrogens (tertiary/aromatic N) is 1. The fraction of sp³-hybridized carbons (Fsp3) is 0.588. The Kier molecular flexibility index (Phi) is 4.88. The van der Waals surface area contributed by atoms with Crippen LogP contribution in [0, 0.1) is 0 Å². The first-order valence-corrected chi connectivity index (χ1v) is 7.82. The van der Waals surface area contributed by atoms with Crippen LogP contribution in [-0.4, -0.2) is 24.0 Å². The van der Waals surface area contributed by atoms with Gasteiger partial charge in [-0.1, -0.05) is 19.1 Å². The summed E-state index contributed by atoms with van der Waals surface area (Å²) in [7, 11) is 0. The summed E-state index contributed by atoms with van der Waals surface area (Å²) in [6.07, 6.45) is 3.26. The Labute approximate surface area is 127 Å². The number of anilines is 1. The van der Waals surface area contributed by atoms with E-state index >= 15 is 0 Å². The van der Waals surface area contributed by atoms with Gasteiger partial charge in [0.15, 0.2) is 0 Å². The van der Waals surface area contributed by atoms with E-state index in [9.17, 15) is 4.79 Å². The molecule has 1 aromatic rings. The van der Waals surface area contributed by atoms with E-state index in [4.69, 9.17) is 5.73 Å². The normalized spacial score (nSPS) is 14.9. The zero-order chi connectivity index (χ0) is 15.5. The Balaban J connectivity index is 2.03. The molecule has 0 saturated heterocycles. The molecule has 1 aliphatic carbocycles. The summed E-state index contributed by atoms with van der Waals surface area (Å²) in [5, 5.41) is 3.11. The van der Waals surface area contributed by atoms with E-state index in [0.717, 1.165) is 17.7 Å². The van der Waals surface area contributed by atoms with Crippen molar-refractivity contribution >= 4 is 11.6 Å². The average Bonchev–Trinajstić information content (AvgIpc) is 3.29. The third-order valence-corrected chi connectivity index (χ3v) is 4.17. The number of hydrogen-bond acceptors (Lipinski definition) is 3. The minimum atomic E-state index is -0.143. The van der Waals surface area contributed by atoms with Crippen molar-refractivity contribution < 1.29 is 4.79 Å². The molecule has 0 bridgehead atoms. The summed E-state index contributed by atoms with van der Waals surface area (Å²) in [6, 6.07) is 8.72. The maximum atomic E-state index is 12.3. The van der Waals surface area contributed by atoms with Crippen LogP contribution >= 0.6 is 0 Å². The largest absolute Gasteiger partial charge is 0.359 e. The smallest absolute Gasteiger partial charge is 0.239 e. The van der Waals surface area contributed by atoms with Crippen LogP contribution in [0.5, 0.6) is 0 Å². The van der Waals surface area contributed by atoms with Crippen LogP contribution in [0.25, 0.3) is 0 Å². The SMILES string of the molecule is CCC(C)(C)NC(=O)CN(c1ccc(CN)cc1)C1CC1. The van der Waals surface area contributed by atoms with Crippen LogP contribution in [0.4, 0.5) is 5.69 Å². The second kappa shape index (κ2) is 6.48. The Morgan fingerprint density at radius 1 is 1.33 bits per heavy atom. The number of nitrogens with one attached hydrogen (secondary N) is 1. The van der Waals surface area contributed by atoms with Gasteiger partial charge in [0.2, 0.25) is 5.91 Å². The molecule has 1 saturated carbocycles. The molecule has 0 aliphatic heterocycles. The molecule has 0 aromatic heterocycles. The summed E-state index contributed by atoms with van der Waals surface area (Å²) in [6.45, 7) is 7.18. The topological polar surface area (TPSA) is 58.4 Å². The van der Waals surface area contributed by atoms with E-state index in [0.29, 0.717) is 19.1 Å². The first-order chi connectivity index (χ1) is 9.95. The fourth-order valence-electron chi connectivity index (χ4n) is 2.30. The summed E-state index contributed by atoms with van der Waals surface area (Å²) in [5.41, 5.74) is 7.72. The number of benzene rings is 1. The van der Waals surface area contributed by atoms with Gasteiger partial charge in [-0.3, -0.25) is 4.79 Å². The summed E-state index contributed by atoms with van der Waals surface area (Å²) in [5.74, 6) is 0.0941. The van der Waals surface area contributed by atoms with E-state index in [-0.39, 0.29) is 11.4 Å². The molecule has 0 unspecified atom stereocenters. The number of hydrogen-bond donors (Lipinski definition) is 2. The quantitative estimate of drug-likeness (QED) is 0.810. The standard InChI is InChI=1S/C17H27N3O/c1-4-17(2,3)19-16(21)12-20(15-9-10-15)14-7-5-13(11-18)6-8-14/h5-8,15H,4,9-12,18H2,1-3H3,(H,19,21). The Bertz CT molecular complexity index is 477. The maximum absolute atomic E-state index is 12.3. The van der Waals surface area contributed by atoms with E-state index < -0.39 is 0 Å². The molecule has 2 rings (SSSR count). The molecule has 4 nitrogen and oxygen atoms in total. The van der Waals surface area contributed by atoms with Crippen molar-refractivity contribution in [3.8, 4) is 0 Å². The monoisotopic (exact) mass is 289 g/mol. The highest BCUT2D eigenvalue weighted by atomic mass is 16.2. The lowest BCUT2D eigenvalue weighted by Gasteiger charge is -2.29. The molecule has 0 spiro atoms. The van der Waals surface area contributed by atoms with E-state index in [1.165, 1.54) is 12.8 Å². The molecule has 0 heterocycles. The van der Waals surface area contributed by atoms with Crippen molar-refractivity contribution in [1.29, 1.82) is 0 Å². The van der Waals surface area contributed by atoms with Crippen LogP contribution in [0.2, 0.25) is 0 Å². The van der Waals surface area contributed by atoms with Gasteiger partial charge in [-0.15, -0.1) is 0 Å². The van der Waals surface area contributed by atoms with Crippen molar-refractivity contribution in [2.24, 2.45) is 5.73 Å². The molecule has 21 heavy (non-hydrogen) atoms. The molecule has 116 valence electrons. The zero-order valence-electron chi connectivity index (χ0n) is 13.4. The Hall–Kier alpha value is -1.55. The number of carbonyl (C=O) groups is 1. The van der Waals surface area contributed by atoms with Crippen LogP contribution in [0.3, 0.4) is 0 Å². The van der Waals surface area contributed by atoms with Crippen LogP contribution in [0.1, 0.15) is 45.6 Å². The zero-order valence-corrected chi connectivity index (χ0v) is 13.4. The maximum Gasteiger partial charge on any atom is 0.239 e. The summed E-state index contributed by atoms with van der Waals surface area (Å²) >= 11 is 0. The second-order valence-corrected chi connectivity index (χ2v) is 6.52. The number of nitrogens with two attached hydrogens (primary N) is 1. The average molecular weight is 289 g/mol. The van der Waals surface area contributed by atoms with Gasteiger partial charge < -0.3 is 16.0 Å². The first-order valence-electron chi connectivity index (χ1n) is 7.82. The van der Waals surface area contributed by atoms with E-state index in [1.807, 2.05) is 12.1 Å². The minimum absolute atomic E-state index is 0.0941.